The fourth-order valence-corrected chi connectivity index (χ4v) is 3.73. The molecule has 82 valence electrons. The minimum absolute atomic E-state index is 0.878. The van der Waals surface area contributed by atoms with Crippen molar-refractivity contribution in [3.05, 3.63) is 0 Å². The van der Waals surface area contributed by atoms with Crippen molar-refractivity contribution in [2.75, 3.05) is 19.6 Å². The Labute approximate surface area is 88.9 Å². The van der Waals surface area contributed by atoms with Gasteiger partial charge in [0.25, 0.3) is 0 Å². The van der Waals surface area contributed by atoms with Crippen LogP contribution in [0.1, 0.15) is 40.0 Å². The molecule has 0 aromatic heterocycles. The van der Waals surface area contributed by atoms with Gasteiger partial charge < -0.3 is 4.90 Å². The number of rotatable bonds is 2. The van der Waals surface area contributed by atoms with Gasteiger partial charge in [0.05, 0.1) is 0 Å². The van der Waals surface area contributed by atoms with Crippen LogP contribution in [0.5, 0.6) is 0 Å². The third kappa shape index (κ3) is 1.84. The second kappa shape index (κ2) is 4.22. The van der Waals surface area contributed by atoms with Crippen molar-refractivity contribution in [1.29, 1.82) is 0 Å². The molecule has 2 saturated heterocycles. The zero-order valence-electron chi connectivity index (χ0n) is 10.00. The van der Waals surface area contributed by atoms with Crippen molar-refractivity contribution >= 4 is 0 Å². The predicted molar refractivity (Wildman–Crippen MR) is 61.3 cm³/mol. The third-order valence-corrected chi connectivity index (χ3v) is 4.49. The summed E-state index contributed by atoms with van der Waals surface area (Å²) in [5.41, 5.74) is 0. The Hall–Kier alpha value is -0.0400. The topological polar surface area (TPSA) is 3.24 Å². The number of piperidine rings is 2. The summed E-state index contributed by atoms with van der Waals surface area (Å²) in [7, 11) is 0. The van der Waals surface area contributed by atoms with Crippen LogP contribution >= 0.6 is 0 Å². The smallest absolute Gasteiger partial charge is 0.00150 e. The number of hydrogen-bond donors (Lipinski definition) is 0. The second-order valence-electron chi connectivity index (χ2n) is 5.64. The summed E-state index contributed by atoms with van der Waals surface area (Å²) in [6.45, 7) is 11.4. The highest BCUT2D eigenvalue weighted by Crippen LogP contribution is 2.39. The van der Waals surface area contributed by atoms with E-state index >= 15 is 0 Å². The Kier molecular flexibility index (Phi) is 3.16. The van der Waals surface area contributed by atoms with Crippen molar-refractivity contribution in [3.63, 3.8) is 0 Å². The lowest BCUT2D eigenvalue weighted by Gasteiger charge is -2.48. The zero-order chi connectivity index (χ0) is 10.1. The van der Waals surface area contributed by atoms with Gasteiger partial charge in [0.2, 0.25) is 0 Å². The highest BCUT2D eigenvalue weighted by Gasteiger charge is 2.38. The largest absolute Gasteiger partial charge is 0.303 e. The summed E-state index contributed by atoms with van der Waals surface area (Å²) in [5.74, 6) is 3.89. The molecule has 0 N–H and O–H groups in total. The van der Waals surface area contributed by atoms with Crippen LogP contribution in [0.3, 0.4) is 0 Å². The molecule has 14 heavy (non-hydrogen) atoms. The first-order valence-electron chi connectivity index (χ1n) is 6.44. The Bertz CT molecular complexity index is 188. The SMILES string of the molecule is CCC1C2CCCN(C2)CC1C(C)C. The van der Waals surface area contributed by atoms with E-state index in [1.54, 1.807) is 0 Å². The summed E-state index contributed by atoms with van der Waals surface area (Å²) < 4.78 is 0. The normalized spacial score (nSPS) is 42.9. The van der Waals surface area contributed by atoms with Gasteiger partial charge >= 0.3 is 0 Å². The van der Waals surface area contributed by atoms with Gasteiger partial charge in [-0.3, -0.25) is 0 Å². The van der Waals surface area contributed by atoms with Gasteiger partial charge in [-0.25, -0.2) is 0 Å². The van der Waals surface area contributed by atoms with E-state index < -0.39 is 0 Å². The molecule has 1 heteroatoms. The minimum Gasteiger partial charge on any atom is -0.303 e. The van der Waals surface area contributed by atoms with Gasteiger partial charge in [0.1, 0.15) is 0 Å². The number of fused-ring (bicyclic) bond motifs is 2. The van der Waals surface area contributed by atoms with E-state index in [0.717, 1.165) is 23.7 Å². The van der Waals surface area contributed by atoms with Crippen LogP contribution in [0.2, 0.25) is 0 Å². The molecule has 2 rings (SSSR count). The standard InChI is InChI=1S/C13H25N/c1-4-12-11-6-5-7-14(8-11)9-13(12)10(2)3/h10-13H,4-9H2,1-3H3. The molecule has 2 fully saturated rings. The predicted octanol–water partition coefficient (Wildman–Crippen LogP) is 3.01. The molecular formula is C13H25N. The molecule has 2 bridgehead atoms. The quantitative estimate of drug-likeness (QED) is 0.654. The molecular weight excluding hydrogens is 170 g/mol. The van der Waals surface area contributed by atoms with Crippen LogP contribution in [0.15, 0.2) is 0 Å². The van der Waals surface area contributed by atoms with E-state index in [4.69, 9.17) is 0 Å². The molecule has 0 aromatic rings. The second-order valence-corrected chi connectivity index (χ2v) is 5.64. The van der Waals surface area contributed by atoms with Crippen LogP contribution in [-0.4, -0.2) is 24.5 Å². The van der Waals surface area contributed by atoms with Crippen LogP contribution < -0.4 is 0 Å². The molecule has 0 spiro atoms. The maximum Gasteiger partial charge on any atom is 0.00150 e. The molecule has 0 amide bonds. The van der Waals surface area contributed by atoms with E-state index in [2.05, 4.69) is 25.7 Å². The highest BCUT2D eigenvalue weighted by atomic mass is 15.1. The van der Waals surface area contributed by atoms with Gasteiger partial charge in [0.15, 0.2) is 0 Å². The van der Waals surface area contributed by atoms with E-state index in [1.807, 2.05) is 0 Å². The average Bonchev–Trinajstić information content (AvgIpc) is 2.17. The van der Waals surface area contributed by atoms with Crippen molar-refractivity contribution in [2.45, 2.75) is 40.0 Å². The van der Waals surface area contributed by atoms with Crippen LogP contribution in [0.25, 0.3) is 0 Å². The van der Waals surface area contributed by atoms with Crippen molar-refractivity contribution in [3.8, 4) is 0 Å². The zero-order valence-corrected chi connectivity index (χ0v) is 10.00. The lowest BCUT2D eigenvalue weighted by molar-refractivity contribution is 0.00391. The fourth-order valence-electron chi connectivity index (χ4n) is 3.73. The third-order valence-electron chi connectivity index (χ3n) is 4.49. The van der Waals surface area contributed by atoms with E-state index in [1.165, 1.54) is 38.9 Å². The Morgan fingerprint density at radius 2 is 2.07 bits per heavy atom. The molecule has 0 saturated carbocycles. The number of hydrogen-bond acceptors (Lipinski definition) is 1. The lowest BCUT2D eigenvalue weighted by atomic mass is 9.69. The molecule has 2 aliphatic heterocycles. The Balaban J connectivity index is 2.09. The summed E-state index contributed by atoms with van der Waals surface area (Å²) in [6, 6.07) is 0. The summed E-state index contributed by atoms with van der Waals surface area (Å²) >= 11 is 0. The van der Waals surface area contributed by atoms with Crippen LogP contribution in [-0.2, 0) is 0 Å². The van der Waals surface area contributed by atoms with E-state index in [0.29, 0.717) is 0 Å². The van der Waals surface area contributed by atoms with Crippen molar-refractivity contribution in [2.24, 2.45) is 23.7 Å². The fraction of sp³-hybridized carbons (Fsp3) is 1.00. The lowest BCUT2D eigenvalue weighted by Crippen LogP contribution is -2.50. The van der Waals surface area contributed by atoms with Crippen LogP contribution in [0, 0.1) is 23.7 Å². The molecule has 2 heterocycles. The molecule has 2 aliphatic rings. The summed E-state index contributed by atoms with van der Waals surface area (Å²) in [5, 5.41) is 0. The monoisotopic (exact) mass is 195 g/mol. The van der Waals surface area contributed by atoms with Gasteiger partial charge in [-0.2, -0.15) is 0 Å². The summed E-state index contributed by atoms with van der Waals surface area (Å²) in [6.07, 6.45) is 4.35. The maximum atomic E-state index is 2.71. The first-order chi connectivity index (χ1) is 6.72. The number of nitrogens with zero attached hydrogens (tertiary/aromatic N) is 1. The summed E-state index contributed by atoms with van der Waals surface area (Å²) in [4.78, 5) is 2.71. The first-order valence-corrected chi connectivity index (χ1v) is 6.44. The molecule has 0 aromatic carbocycles. The Morgan fingerprint density at radius 3 is 2.71 bits per heavy atom. The van der Waals surface area contributed by atoms with Gasteiger partial charge in [-0.05, 0) is 43.1 Å². The molecule has 0 radical (unpaired) electrons. The molecule has 4 atom stereocenters. The van der Waals surface area contributed by atoms with Crippen molar-refractivity contribution < 1.29 is 0 Å². The molecule has 1 nitrogen and oxygen atoms in total. The van der Waals surface area contributed by atoms with Gasteiger partial charge in [-0.15, -0.1) is 0 Å². The molecule has 4 unspecified atom stereocenters. The molecule has 0 aliphatic carbocycles. The van der Waals surface area contributed by atoms with Crippen LogP contribution in [0.4, 0.5) is 0 Å². The van der Waals surface area contributed by atoms with E-state index in [-0.39, 0.29) is 0 Å². The van der Waals surface area contributed by atoms with E-state index in [9.17, 15) is 0 Å². The Morgan fingerprint density at radius 1 is 1.29 bits per heavy atom. The van der Waals surface area contributed by atoms with Gasteiger partial charge in [-0.1, -0.05) is 27.2 Å². The first kappa shape index (κ1) is 10.5. The minimum atomic E-state index is 0.878. The highest BCUT2D eigenvalue weighted by molar-refractivity contribution is 4.90. The maximum absolute atomic E-state index is 2.71. The average molecular weight is 195 g/mol. The van der Waals surface area contributed by atoms with Crippen molar-refractivity contribution in [1.82, 2.24) is 4.90 Å². The van der Waals surface area contributed by atoms with Gasteiger partial charge in [0, 0.05) is 13.1 Å².